The van der Waals surface area contributed by atoms with Crippen LogP contribution in [0.15, 0.2) is 55.0 Å². The van der Waals surface area contributed by atoms with Crippen LogP contribution in [0.2, 0.25) is 0 Å². The first-order chi connectivity index (χ1) is 11.3. The fourth-order valence-electron chi connectivity index (χ4n) is 2.33. The van der Waals surface area contributed by atoms with Crippen LogP contribution in [0.1, 0.15) is 5.56 Å². The number of rotatable bonds is 3. The summed E-state index contributed by atoms with van der Waals surface area (Å²) in [7, 11) is 0. The number of fused-ring (bicyclic) bond motifs is 1. The van der Waals surface area contributed by atoms with Gasteiger partial charge in [-0.15, -0.1) is 0 Å². The number of aromatic amines is 1. The van der Waals surface area contributed by atoms with Crippen LogP contribution < -0.4 is 5.32 Å². The fourth-order valence-corrected chi connectivity index (χ4v) is 2.33. The van der Waals surface area contributed by atoms with Crippen LogP contribution in [-0.2, 0) is 0 Å². The first-order valence-corrected chi connectivity index (χ1v) is 7.24. The van der Waals surface area contributed by atoms with Crippen molar-refractivity contribution in [3.63, 3.8) is 0 Å². The second kappa shape index (κ2) is 5.49. The third-order valence-corrected chi connectivity index (χ3v) is 3.54. The molecule has 0 amide bonds. The Morgan fingerprint density at radius 1 is 1.00 bits per heavy atom. The zero-order chi connectivity index (χ0) is 15.6. The Kier molecular flexibility index (Phi) is 3.20. The van der Waals surface area contributed by atoms with E-state index in [2.05, 4.69) is 30.5 Å². The standard InChI is InChI=1S/C17H14N6/c1-11-2-5-16(19-9-11)22-17-18-7-6-14(21-17)12-3-4-13-10-20-23-15(13)8-12/h2-10H,1H3,(H,20,23)(H,18,19,21,22). The van der Waals surface area contributed by atoms with Crippen LogP contribution in [-0.4, -0.2) is 25.1 Å². The van der Waals surface area contributed by atoms with E-state index in [0.29, 0.717) is 5.95 Å². The lowest BCUT2D eigenvalue weighted by Gasteiger charge is -2.06. The fraction of sp³-hybridized carbons (Fsp3) is 0.0588. The maximum atomic E-state index is 4.56. The van der Waals surface area contributed by atoms with Crippen molar-refractivity contribution in [2.24, 2.45) is 0 Å². The molecule has 2 N–H and O–H groups in total. The van der Waals surface area contributed by atoms with Gasteiger partial charge >= 0.3 is 0 Å². The third-order valence-electron chi connectivity index (χ3n) is 3.54. The molecule has 0 saturated heterocycles. The normalized spacial score (nSPS) is 10.8. The molecule has 0 saturated carbocycles. The molecule has 23 heavy (non-hydrogen) atoms. The van der Waals surface area contributed by atoms with E-state index < -0.39 is 0 Å². The van der Waals surface area contributed by atoms with Crippen molar-refractivity contribution in [3.8, 4) is 11.3 Å². The van der Waals surface area contributed by atoms with Crippen molar-refractivity contribution in [1.29, 1.82) is 0 Å². The van der Waals surface area contributed by atoms with Crippen molar-refractivity contribution in [1.82, 2.24) is 25.1 Å². The molecule has 0 atom stereocenters. The predicted molar refractivity (Wildman–Crippen MR) is 89.4 cm³/mol. The van der Waals surface area contributed by atoms with E-state index in [0.717, 1.165) is 33.5 Å². The van der Waals surface area contributed by atoms with Gasteiger partial charge in [-0.2, -0.15) is 5.10 Å². The van der Waals surface area contributed by atoms with E-state index in [-0.39, 0.29) is 0 Å². The molecule has 0 unspecified atom stereocenters. The summed E-state index contributed by atoms with van der Waals surface area (Å²) in [6, 6.07) is 11.8. The Labute approximate surface area is 132 Å². The molecule has 0 aliphatic heterocycles. The van der Waals surface area contributed by atoms with Gasteiger partial charge in [0.05, 0.1) is 17.4 Å². The summed E-state index contributed by atoms with van der Waals surface area (Å²) in [6.45, 7) is 2.00. The number of nitrogens with one attached hydrogen (secondary N) is 2. The largest absolute Gasteiger partial charge is 0.309 e. The third kappa shape index (κ3) is 2.74. The number of nitrogens with zero attached hydrogens (tertiary/aromatic N) is 4. The minimum Gasteiger partial charge on any atom is -0.309 e. The lowest BCUT2D eigenvalue weighted by Crippen LogP contribution is -1.99. The van der Waals surface area contributed by atoms with Gasteiger partial charge in [0.15, 0.2) is 0 Å². The number of aryl methyl sites for hydroxylation is 1. The van der Waals surface area contributed by atoms with Crippen molar-refractivity contribution in [3.05, 3.63) is 60.6 Å². The summed E-state index contributed by atoms with van der Waals surface area (Å²) in [6.07, 6.45) is 5.34. The zero-order valence-electron chi connectivity index (χ0n) is 12.5. The molecule has 112 valence electrons. The molecular weight excluding hydrogens is 288 g/mol. The maximum Gasteiger partial charge on any atom is 0.228 e. The molecule has 6 nitrogen and oxygen atoms in total. The van der Waals surface area contributed by atoms with E-state index >= 15 is 0 Å². The van der Waals surface area contributed by atoms with Crippen LogP contribution in [0.3, 0.4) is 0 Å². The number of hydrogen-bond acceptors (Lipinski definition) is 5. The van der Waals surface area contributed by atoms with Crippen molar-refractivity contribution >= 4 is 22.7 Å². The Morgan fingerprint density at radius 2 is 1.96 bits per heavy atom. The van der Waals surface area contributed by atoms with Gasteiger partial charge in [0.1, 0.15) is 5.82 Å². The van der Waals surface area contributed by atoms with E-state index in [9.17, 15) is 0 Å². The number of benzene rings is 1. The van der Waals surface area contributed by atoms with Crippen LogP contribution in [0.5, 0.6) is 0 Å². The predicted octanol–water partition coefficient (Wildman–Crippen LogP) is 3.47. The average molecular weight is 302 g/mol. The van der Waals surface area contributed by atoms with Gasteiger partial charge in [0, 0.05) is 23.3 Å². The molecule has 6 heteroatoms. The Balaban J connectivity index is 1.66. The lowest BCUT2D eigenvalue weighted by molar-refractivity contribution is 1.12. The maximum absolute atomic E-state index is 4.56. The monoisotopic (exact) mass is 302 g/mol. The van der Waals surface area contributed by atoms with Crippen molar-refractivity contribution in [2.75, 3.05) is 5.32 Å². The van der Waals surface area contributed by atoms with Crippen molar-refractivity contribution in [2.45, 2.75) is 6.92 Å². The molecule has 1 aromatic carbocycles. The minimum absolute atomic E-state index is 0.517. The summed E-state index contributed by atoms with van der Waals surface area (Å²) in [5.41, 5.74) is 3.93. The first kappa shape index (κ1) is 13.4. The van der Waals surface area contributed by atoms with E-state index in [1.54, 1.807) is 18.6 Å². The molecule has 3 heterocycles. The van der Waals surface area contributed by atoms with Gasteiger partial charge in [-0.25, -0.2) is 15.0 Å². The van der Waals surface area contributed by atoms with E-state index in [1.165, 1.54) is 0 Å². The molecule has 0 fully saturated rings. The second-order valence-electron chi connectivity index (χ2n) is 5.28. The summed E-state index contributed by atoms with van der Waals surface area (Å²) in [5, 5.41) is 11.2. The molecule has 0 radical (unpaired) electrons. The number of pyridine rings is 1. The summed E-state index contributed by atoms with van der Waals surface area (Å²) < 4.78 is 0. The Hall–Kier alpha value is -3.28. The zero-order valence-corrected chi connectivity index (χ0v) is 12.5. The topological polar surface area (TPSA) is 79.4 Å². The molecule has 0 spiro atoms. The molecule has 4 aromatic rings. The van der Waals surface area contributed by atoms with Crippen molar-refractivity contribution < 1.29 is 0 Å². The highest BCUT2D eigenvalue weighted by atomic mass is 15.1. The van der Waals surface area contributed by atoms with Crippen LogP contribution in [0.4, 0.5) is 11.8 Å². The quantitative estimate of drug-likeness (QED) is 0.606. The summed E-state index contributed by atoms with van der Waals surface area (Å²) in [5.74, 6) is 1.24. The average Bonchev–Trinajstić information content (AvgIpc) is 3.05. The van der Waals surface area contributed by atoms with Gasteiger partial charge in [-0.05, 0) is 30.7 Å². The number of anilines is 2. The van der Waals surface area contributed by atoms with Crippen LogP contribution in [0.25, 0.3) is 22.2 Å². The highest BCUT2D eigenvalue weighted by molar-refractivity contribution is 5.83. The minimum atomic E-state index is 0.517. The Bertz CT molecular complexity index is 958. The number of H-pyrrole nitrogens is 1. The first-order valence-electron chi connectivity index (χ1n) is 7.24. The number of aromatic nitrogens is 5. The van der Waals surface area contributed by atoms with E-state index in [1.807, 2.05) is 43.3 Å². The van der Waals surface area contributed by atoms with E-state index in [4.69, 9.17) is 0 Å². The Morgan fingerprint density at radius 3 is 2.83 bits per heavy atom. The van der Waals surface area contributed by atoms with Gasteiger partial charge in [-0.1, -0.05) is 18.2 Å². The highest BCUT2D eigenvalue weighted by Gasteiger charge is 2.05. The van der Waals surface area contributed by atoms with Gasteiger partial charge in [0.25, 0.3) is 0 Å². The molecule has 0 bridgehead atoms. The lowest BCUT2D eigenvalue weighted by atomic mass is 10.1. The highest BCUT2D eigenvalue weighted by Crippen LogP contribution is 2.22. The van der Waals surface area contributed by atoms with Crippen LogP contribution in [0, 0.1) is 6.92 Å². The van der Waals surface area contributed by atoms with Crippen LogP contribution >= 0.6 is 0 Å². The molecular formula is C17H14N6. The smallest absolute Gasteiger partial charge is 0.228 e. The summed E-state index contributed by atoms with van der Waals surface area (Å²) in [4.78, 5) is 13.1. The summed E-state index contributed by atoms with van der Waals surface area (Å²) >= 11 is 0. The molecule has 0 aliphatic rings. The van der Waals surface area contributed by atoms with Gasteiger partial charge in [0.2, 0.25) is 5.95 Å². The number of hydrogen-bond donors (Lipinski definition) is 2. The SMILES string of the molecule is Cc1ccc(Nc2nccc(-c3ccc4cn[nH]c4c3)n2)nc1. The molecule has 0 aliphatic carbocycles. The molecule has 3 aromatic heterocycles. The van der Waals surface area contributed by atoms with Gasteiger partial charge in [-0.3, -0.25) is 5.10 Å². The van der Waals surface area contributed by atoms with Gasteiger partial charge < -0.3 is 5.32 Å². The molecule has 4 rings (SSSR count). The second-order valence-corrected chi connectivity index (χ2v) is 5.28.